The smallest absolute Gasteiger partial charge is 0.119 e. The fourth-order valence-electron chi connectivity index (χ4n) is 2.88. The Labute approximate surface area is 115 Å². The van der Waals surface area contributed by atoms with E-state index in [2.05, 4.69) is 6.92 Å². The first-order valence-corrected chi connectivity index (χ1v) is 7.27. The highest BCUT2D eigenvalue weighted by Crippen LogP contribution is 2.30. The Morgan fingerprint density at radius 3 is 2.58 bits per heavy atom. The molecule has 19 heavy (non-hydrogen) atoms. The van der Waals surface area contributed by atoms with Crippen molar-refractivity contribution in [2.45, 2.75) is 51.6 Å². The zero-order chi connectivity index (χ0) is 13.7. The molecule has 0 amide bonds. The third-order valence-corrected chi connectivity index (χ3v) is 3.97. The lowest BCUT2D eigenvalue weighted by molar-refractivity contribution is 0.0904. The van der Waals surface area contributed by atoms with Crippen LogP contribution in [0.2, 0.25) is 0 Å². The summed E-state index contributed by atoms with van der Waals surface area (Å²) in [4.78, 5) is 0. The fourth-order valence-corrected chi connectivity index (χ4v) is 2.88. The van der Waals surface area contributed by atoms with Crippen molar-refractivity contribution in [3.05, 3.63) is 29.8 Å². The molecule has 0 spiro atoms. The van der Waals surface area contributed by atoms with E-state index in [0.29, 0.717) is 18.4 Å². The van der Waals surface area contributed by atoms with Crippen molar-refractivity contribution >= 4 is 5.84 Å². The highest BCUT2D eigenvalue weighted by Gasteiger charge is 2.25. The number of hydrogen-bond acceptors (Lipinski definition) is 2. The second-order valence-corrected chi connectivity index (χ2v) is 5.46. The average Bonchev–Trinajstić information content (AvgIpc) is 2.41. The Morgan fingerprint density at radius 2 is 1.95 bits per heavy atom. The summed E-state index contributed by atoms with van der Waals surface area (Å²) >= 11 is 0. The molecule has 1 saturated carbocycles. The molecule has 1 fully saturated rings. The summed E-state index contributed by atoms with van der Waals surface area (Å²) in [5, 5.41) is 7.29. The Balaban J connectivity index is 1.96. The predicted molar refractivity (Wildman–Crippen MR) is 78.7 cm³/mol. The third kappa shape index (κ3) is 3.98. The minimum atomic E-state index is 0.201. The summed E-state index contributed by atoms with van der Waals surface area (Å²) < 4.78 is 6.13. The zero-order valence-electron chi connectivity index (χ0n) is 11.7. The minimum absolute atomic E-state index is 0.201. The molecule has 1 aliphatic carbocycles. The van der Waals surface area contributed by atoms with Crippen LogP contribution in [0.15, 0.2) is 24.3 Å². The van der Waals surface area contributed by atoms with Gasteiger partial charge in [0, 0.05) is 6.42 Å². The second kappa shape index (κ2) is 6.60. The number of ether oxygens (including phenoxy) is 1. The van der Waals surface area contributed by atoms with Crippen LogP contribution in [0.5, 0.6) is 5.75 Å². The van der Waals surface area contributed by atoms with E-state index in [1.54, 1.807) is 0 Å². The zero-order valence-corrected chi connectivity index (χ0v) is 11.7. The van der Waals surface area contributed by atoms with E-state index in [0.717, 1.165) is 11.3 Å². The molecule has 3 nitrogen and oxygen atoms in total. The van der Waals surface area contributed by atoms with Gasteiger partial charge in [-0.05, 0) is 49.3 Å². The van der Waals surface area contributed by atoms with Gasteiger partial charge < -0.3 is 10.5 Å². The van der Waals surface area contributed by atoms with Crippen LogP contribution in [0.1, 0.15) is 44.6 Å². The van der Waals surface area contributed by atoms with Gasteiger partial charge in [-0.25, -0.2) is 0 Å². The minimum Gasteiger partial charge on any atom is -0.490 e. The lowest BCUT2D eigenvalue weighted by Gasteiger charge is -2.31. The molecule has 0 aliphatic heterocycles. The Bertz CT molecular complexity index is 413. The van der Waals surface area contributed by atoms with Crippen molar-refractivity contribution in [2.24, 2.45) is 11.7 Å². The van der Waals surface area contributed by atoms with Gasteiger partial charge in [0.2, 0.25) is 0 Å². The monoisotopic (exact) mass is 260 g/mol. The van der Waals surface area contributed by atoms with Crippen molar-refractivity contribution < 1.29 is 4.74 Å². The normalized spacial score (nSPS) is 23.0. The predicted octanol–water partition coefficient (Wildman–Crippen LogP) is 3.51. The Morgan fingerprint density at radius 1 is 1.26 bits per heavy atom. The third-order valence-electron chi connectivity index (χ3n) is 3.97. The molecule has 1 aromatic carbocycles. The number of nitrogens with two attached hydrogens (primary N) is 1. The highest BCUT2D eigenvalue weighted by molar-refractivity contribution is 5.79. The summed E-state index contributed by atoms with van der Waals surface area (Å²) in [5.41, 5.74) is 6.47. The van der Waals surface area contributed by atoms with Gasteiger partial charge in [-0.1, -0.05) is 25.5 Å². The molecule has 104 valence electrons. The van der Waals surface area contributed by atoms with Crippen molar-refractivity contribution in [1.29, 1.82) is 5.41 Å². The molecule has 2 unspecified atom stereocenters. The first kappa shape index (κ1) is 13.9. The lowest BCUT2D eigenvalue weighted by atomic mass is 9.85. The largest absolute Gasteiger partial charge is 0.490 e. The van der Waals surface area contributed by atoms with Crippen molar-refractivity contribution in [2.75, 3.05) is 0 Å². The summed E-state index contributed by atoms with van der Waals surface area (Å²) in [7, 11) is 0. The molecule has 2 rings (SSSR count). The van der Waals surface area contributed by atoms with Gasteiger partial charge in [0.1, 0.15) is 11.9 Å². The molecule has 2 atom stereocenters. The molecular weight excluding hydrogens is 236 g/mol. The summed E-state index contributed by atoms with van der Waals surface area (Å²) in [6.07, 6.45) is 7.18. The first-order valence-electron chi connectivity index (χ1n) is 7.27. The van der Waals surface area contributed by atoms with Crippen LogP contribution in [0.25, 0.3) is 0 Å². The Kier molecular flexibility index (Phi) is 4.83. The van der Waals surface area contributed by atoms with E-state index in [1.165, 1.54) is 32.1 Å². The van der Waals surface area contributed by atoms with E-state index in [1.807, 2.05) is 24.3 Å². The van der Waals surface area contributed by atoms with E-state index < -0.39 is 0 Å². The number of hydrogen-bond donors (Lipinski definition) is 2. The topological polar surface area (TPSA) is 59.1 Å². The Hall–Kier alpha value is -1.51. The summed E-state index contributed by atoms with van der Waals surface area (Å²) in [6, 6.07) is 8.00. The van der Waals surface area contributed by atoms with E-state index in [9.17, 15) is 0 Å². The van der Waals surface area contributed by atoms with Gasteiger partial charge in [0.05, 0.1) is 5.84 Å². The molecule has 0 bridgehead atoms. The maximum absolute atomic E-state index is 7.29. The number of benzene rings is 1. The van der Waals surface area contributed by atoms with Gasteiger partial charge in [-0.3, -0.25) is 5.41 Å². The molecule has 0 radical (unpaired) electrons. The van der Waals surface area contributed by atoms with Gasteiger partial charge in [0.15, 0.2) is 0 Å². The van der Waals surface area contributed by atoms with Gasteiger partial charge in [0.25, 0.3) is 0 Å². The maximum Gasteiger partial charge on any atom is 0.119 e. The quantitative estimate of drug-likeness (QED) is 0.628. The van der Waals surface area contributed by atoms with Crippen molar-refractivity contribution in [3.63, 3.8) is 0 Å². The molecular formula is C16H24N2O. The molecule has 3 heteroatoms. The van der Waals surface area contributed by atoms with Crippen LogP contribution in [0, 0.1) is 11.3 Å². The van der Waals surface area contributed by atoms with Crippen LogP contribution < -0.4 is 10.5 Å². The van der Waals surface area contributed by atoms with Crippen LogP contribution >= 0.6 is 0 Å². The van der Waals surface area contributed by atoms with E-state index >= 15 is 0 Å². The molecule has 0 heterocycles. The van der Waals surface area contributed by atoms with Crippen LogP contribution in [0.3, 0.4) is 0 Å². The molecule has 0 saturated heterocycles. The lowest BCUT2D eigenvalue weighted by Crippen LogP contribution is -2.29. The molecule has 0 aromatic heterocycles. The van der Waals surface area contributed by atoms with Gasteiger partial charge in [-0.15, -0.1) is 0 Å². The van der Waals surface area contributed by atoms with Crippen LogP contribution in [-0.2, 0) is 6.42 Å². The van der Waals surface area contributed by atoms with Crippen LogP contribution in [0.4, 0.5) is 0 Å². The molecule has 3 N–H and O–H groups in total. The average molecular weight is 260 g/mol. The molecule has 1 aromatic rings. The highest BCUT2D eigenvalue weighted by atomic mass is 16.5. The summed E-state index contributed by atoms with van der Waals surface area (Å²) in [6.45, 7) is 2.25. The van der Waals surface area contributed by atoms with Crippen molar-refractivity contribution in [1.82, 2.24) is 0 Å². The number of amidine groups is 1. The van der Waals surface area contributed by atoms with Crippen molar-refractivity contribution in [3.8, 4) is 5.75 Å². The van der Waals surface area contributed by atoms with Crippen LogP contribution in [-0.4, -0.2) is 11.9 Å². The standard InChI is InChI=1S/C16H24N2O/c1-2-13-5-3-4-6-15(13)19-14-9-7-12(8-10-14)11-16(17)18/h7-10,13,15H,2-6,11H2,1H3,(H3,17,18). The van der Waals surface area contributed by atoms with Gasteiger partial charge >= 0.3 is 0 Å². The fraction of sp³-hybridized carbons (Fsp3) is 0.562. The first-order chi connectivity index (χ1) is 9.19. The van der Waals surface area contributed by atoms with E-state index in [4.69, 9.17) is 15.9 Å². The second-order valence-electron chi connectivity index (χ2n) is 5.46. The number of rotatable bonds is 5. The molecule has 1 aliphatic rings. The van der Waals surface area contributed by atoms with Gasteiger partial charge in [-0.2, -0.15) is 0 Å². The maximum atomic E-state index is 7.29. The SMILES string of the molecule is CCC1CCCCC1Oc1ccc(CC(=N)N)cc1. The van der Waals surface area contributed by atoms with E-state index in [-0.39, 0.29) is 5.84 Å². The summed E-state index contributed by atoms with van der Waals surface area (Å²) in [5.74, 6) is 1.84. The number of nitrogens with one attached hydrogen (secondary N) is 1.